The minimum atomic E-state index is 0.814. The third-order valence-corrected chi connectivity index (χ3v) is 3.99. The van der Waals surface area contributed by atoms with Crippen LogP contribution in [-0.4, -0.2) is 43.3 Å². The lowest BCUT2D eigenvalue weighted by Crippen LogP contribution is -2.35. The summed E-state index contributed by atoms with van der Waals surface area (Å²) in [6.07, 6.45) is 0. The van der Waals surface area contributed by atoms with E-state index in [1.54, 1.807) is 7.11 Å². The van der Waals surface area contributed by atoms with Crippen LogP contribution in [0, 0.1) is 6.92 Å². The van der Waals surface area contributed by atoms with Crippen LogP contribution in [0.5, 0.6) is 5.75 Å². The summed E-state index contributed by atoms with van der Waals surface area (Å²) in [5.41, 5.74) is 4.35. The lowest BCUT2D eigenvalue weighted by atomic mass is 10.0. The number of pyridine rings is 1. The van der Waals surface area contributed by atoms with Crippen molar-refractivity contribution in [3.05, 3.63) is 47.7 Å². The Kier molecular flexibility index (Phi) is 4.71. The van der Waals surface area contributed by atoms with Gasteiger partial charge in [-0.1, -0.05) is 24.3 Å². The third-order valence-electron chi connectivity index (χ3n) is 3.99. The molecule has 0 unspecified atom stereocenters. The molecular formula is C18H22N2O2. The first kappa shape index (κ1) is 15.0. The lowest BCUT2D eigenvalue weighted by Gasteiger charge is -2.27. The summed E-state index contributed by atoms with van der Waals surface area (Å²) in [6, 6.07) is 12.4. The average molecular weight is 298 g/mol. The van der Waals surface area contributed by atoms with Crippen LogP contribution in [0.3, 0.4) is 0 Å². The highest BCUT2D eigenvalue weighted by Crippen LogP contribution is 2.31. The number of benzene rings is 1. The number of nitrogens with zero attached hydrogens (tertiary/aromatic N) is 2. The van der Waals surface area contributed by atoms with Crippen LogP contribution in [0.1, 0.15) is 11.3 Å². The van der Waals surface area contributed by atoms with Crippen molar-refractivity contribution in [1.82, 2.24) is 9.88 Å². The molecule has 0 bridgehead atoms. The molecule has 1 aliphatic heterocycles. The largest absolute Gasteiger partial charge is 0.494 e. The van der Waals surface area contributed by atoms with E-state index in [4.69, 9.17) is 14.5 Å². The molecule has 4 nitrogen and oxygen atoms in total. The second-order valence-corrected chi connectivity index (χ2v) is 5.55. The van der Waals surface area contributed by atoms with Crippen molar-refractivity contribution in [2.45, 2.75) is 13.5 Å². The first-order valence-corrected chi connectivity index (χ1v) is 7.68. The molecule has 0 N–H and O–H groups in total. The van der Waals surface area contributed by atoms with E-state index < -0.39 is 0 Å². The van der Waals surface area contributed by atoms with Gasteiger partial charge in [0, 0.05) is 30.9 Å². The van der Waals surface area contributed by atoms with Crippen LogP contribution in [0.2, 0.25) is 0 Å². The predicted octanol–water partition coefficient (Wildman–Crippen LogP) is 2.90. The topological polar surface area (TPSA) is 34.6 Å². The highest BCUT2D eigenvalue weighted by atomic mass is 16.5. The first-order valence-electron chi connectivity index (χ1n) is 7.68. The predicted molar refractivity (Wildman–Crippen MR) is 87.1 cm³/mol. The summed E-state index contributed by atoms with van der Waals surface area (Å²) in [7, 11) is 1.69. The van der Waals surface area contributed by atoms with Gasteiger partial charge in [0.05, 0.1) is 20.3 Å². The summed E-state index contributed by atoms with van der Waals surface area (Å²) in [4.78, 5) is 7.12. The van der Waals surface area contributed by atoms with E-state index in [0.29, 0.717) is 0 Å². The van der Waals surface area contributed by atoms with Gasteiger partial charge >= 0.3 is 0 Å². The van der Waals surface area contributed by atoms with Crippen molar-refractivity contribution < 1.29 is 9.47 Å². The Bertz CT molecular complexity index is 637. The van der Waals surface area contributed by atoms with E-state index in [0.717, 1.165) is 55.5 Å². The fourth-order valence-electron chi connectivity index (χ4n) is 2.79. The Labute approximate surface area is 131 Å². The van der Waals surface area contributed by atoms with Gasteiger partial charge in [-0.2, -0.15) is 0 Å². The molecule has 1 aromatic carbocycles. The number of methoxy groups -OCH3 is 1. The van der Waals surface area contributed by atoms with Gasteiger partial charge in [0.2, 0.25) is 0 Å². The monoisotopic (exact) mass is 298 g/mol. The molecule has 1 aliphatic rings. The van der Waals surface area contributed by atoms with Gasteiger partial charge in [-0.3, -0.25) is 4.90 Å². The van der Waals surface area contributed by atoms with Crippen LogP contribution in [0.25, 0.3) is 11.3 Å². The quantitative estimate of drug-likeness (QED) is 0.869. The summed E-state index contributed by atoms with van der Waals surface area (Å²) in [5, 5.41) is 0. The average Bonchev–Trinajstić information content (AvgIpc) is 2.56. The molecule has 2 heterocycles. The molecule has 0 atom stereocenters. The molecule has 0 aliphatic carbocycles. The number of aromatic nitrogens is 1. The van der Waals surface area contributed by atoms with E-state index >= 15 is 0 Å². The van der Waals surface area contributed by atoms with Gasteiger partial charge < -0.3 is 9.47 Å². The van der Waals surface area contributed by atoms with E-state index in [2.05, 4.69) is 29.2 Å². The van der Waals surface area contributed by atoms with Crippen LogP contribution in [0.4, 0.5) is 0 Å². The fourth-order valence-corrected chi connectivity index (χ4v) is 2.79. The minimum Gasteiger partial charge on any atom is -0.494 e. The van der Waals surface area contributed by atoms with Crippen molar-refractivity contribution >= 4 is 0 Å². The van der Waals surface area contributed by atoms with Gasteiger partial charge in [-0.15, -0.1) is 0 Å². The number of rotatable bonds is 4. The second-order valence-electron chi connectivity index (χ2n) is 5.55. The maximum absolute atomic E-state index is 5.50. The molecule has 2 aromatic rings. The lowest BCUT2D eigenvalue weighted by molar-refractivity contribution is 0.0342. The van der Waals surface area contributed by atoms with Crippen LogP contribution < -0.4 is 4.74 Å². The van der Waals surface area contributed by atoms with Crippen LogP contribution in [0.15, 0.2) is 36.4 Å². The van der Waals surface area contributed by atoms with Crippen molar-refractivity contribution in [2.75, 3.05) is 33.4 Å². The zero-order valence-electron chi connectivity index (χ0n) is 13.2. The molecule has 1 saturated heterocycles. The van der Waals surface area contributed by atoms with Gasteiger partial charge in [-0.05, 0) is 24.6 Å². The van der Waals surface area contributed by atoms with E-state index in [9.17, 15) is 0 Å². The van der Waals surface area contributed by atoms with Gasteiger partial charge in [0.1, 0.15) is 11.4 Å². The molecule has 22 heavy (non-hydrogen) atoms. The molecule has 1 fully saturated rings. The number of aryl methyl sites for hydroxylation is 1. The standard InChI is InChI=1S/C18H22N2O2/c1-14-7-8-17(21-2)18(19-14)16-6-4-3-5-15(16)13-20-9-11-22-12-10-20/h3-8H,9-13H2,1-2H3. The first-order chi connectivity index (χ1) is 10.8. The SMILES string of the molecule is COc1ccc(C)nc1-c1ccccc1CN1CCOCC1. The molecule has 0 spiro atoms. The summed E-state index contributed by atoms with van der Waals surface area (Å²) < 4.78 is 10.9. The van der Waals surface area contributed by atoms with Crippen molar-refractivity contribution in [3.63, 3.8) is 0 Å². The zero-order valence-corrected chi connectivity index (χ0v) is 13.2. The highest BCUT2D eigenvalue weighted by Gasteiger charge is 2.16. The smallest absolute Gasteiger partial charge is 0.145 e. The molecule has 1 aromatic heterocycles. The van der Waals surface area contributed by atoms with Crippen LogP contribution in [-0.2, 0) is 11.3 Å². The van der Waals surface area contributed by atoms with Gasteiger partial charge in [0.15, 0.2) is 0 Å². The molecule has 0 radical (unpaired) electrons. The van der Waals surface area contributed by atoms with E-state index in [1.165, 1.54) is 5.56 Å². The Morgan fingerprint density at radius 1 is 1.14 bits per heavy atom. The van der Waals surface area contributed by atoms with Crippen molar-refractivity contribution in [1.29, 1.82) is 0 Å². The van der Waals surface area contributed by atoms with Gasteiger partial charge in [-0.25, -0.2) is 4.98 Å². The molecular weight excluding hydrogens is 276 g/mol. The van der Waals surface area contributed by atoms with Crippen molar-refractivity contribution in [2.24, 2.45) is 0 Å². The van der Waals surface area contributed by atoms with Crippen molar-refractivity contribution in [3.8, 4) is 17.0 Å². The number of morpholine rings is 1. The minimum absolute atomic E-state index is 0.814. The highest BCUT2D eigenvalue weighted by molar-refractivity contribution is 5.69. The van der Waals surface area contributed by atoms with Gasteiger partial charge in [0.25, 0.3) is 0 Å². The third kappa shape index (κ3) is 3.29. The summed E-state index contributed by atoms with van der Waals surface area (Å²) in [6.45, 7) is 6.51. The van der Waals surface area contributed by atoms with E-state index in [-0.39, 0.29) is 0 Å². The number of hydrogen-bond acceptors (Lipinski definition) is 4. The Balaban J connectivity index is 1.95. The molecule has 3 rings (SSSR count). The Morgan fingerprint density at radius 3 is 2.68 bits per heavy atom. The molecule has 4 heteroatoms. The maximum atomic E-state index is 5.50. The number of ether oxygens (including phenoxy) is 2. The normalized spacial score (nSPS) is 15.7. The Hall–Kier alpha value is -1.91. The molecule has 0 amide bonds. The fraction of sp³-hybridized carbons (Fsp3) is 0.389. The molecule has 0 saturated carbocycles. The second kappa shape index (κ2) is 6.90. The Morgan fingerprint density at radius 2 is 1.91 bits per heavy atom. The number of hydrogen-bond donors (Lipinski definition) is 0. The van der Waals surface area contributed by atoms with E-state index in [1.807, 2.05) is 19.1 Å². The molecule has 116 valence electrons. The maximum Gasteiger partial charge on any atom is 0.145 e. The van der Waals surface area contributed by atoms with Crippen LogP contribution >= 0.6 is 0 Å². The summed E-state index contributed by atoms with van der Waals surface area (Å²) in [5.74, 6) is 0.819. The summed E-state index contributed by atoms with van der Waals surface area (Å²) >= 11 is 0. The zero-order chi connectivity index (χ0) is 15.4.